The van der Waals surface area contributed by atoms with E-state index in [0.717, 1.165) is 37.2 Å². The second-order valence-electron chi connectivity index (χ2n) is 7.29. The summed E-state index contributed by atoms with van der Waals surface area (Å²) in [5.74, 6) is -0.0362. The number of nitrogens with zero attached hydrogens (tertiary/aromatic N) is 2. The van der Waals surface area contributed by atoms with Gasteiger partial charge in [-0.3, -0.25) is 9.59 Å². The van der Waals surface area contributed by atoms with Gasteiger partial charge in [0.1, 0.15) is 0 Å². The number of anilines is 1. The summed E-state index contributed by atoms with van der Waals surface area (Å²) in [4.78, 5) is 29.5. The minimum atomic E-state index is -0.0831. The van der Waals surface area contributed by atoms with Gasteiger partial charge in [0.2, 0.25) is 0 Å². The van der Waals surface area contributed by atoms with Gasteiger partial charge in [-0.15, -0.1) is 0 Å². The van der Waals surface area contributed by atoms with E-state index in [-0.39, 0.29) is 11.8 Å². The lowest BCUT2D eigenvalue weighted by Gasteiger charge is -2.23. The summed E-state index contributed by atoms with van der Waals surface area (Å²) in [6, 6.07) is 26.7. The molecule has 0 radical (unpaired) electrons. The van der Waals surface area contributed by atoms with Crippen molar-refractivity contribution in [2.24, 2.45) is 0 Å². The molecule has 1 aliphatic heterocycles. The van der Waals surface area contributed by atoms with Gasteiger partial charge in [-0.25, -0.2) is 0 Å². The smallest absolute Gasteiger partial charge is 0.258 e. The van der Waals surface area contributed by atoms with Crippen LogP contribution in [0.4, 0.5) is 5.69 Å². The third-order valence-corrected chi connectivity index (χ3v) is 5.27. The molecule has 3 aromatic carbocycles. The predicted molar refractivity (Wildman–Crippen MR) is 115 cm³/mol. The van der Waals surface area contributed by atoms with Crippen molar-refractivity contribution < 1.29 is 9.59 Å². The third-order valence-electron chi connectivity index (χ3n) is 5.27. The van der Waals surface area contributed by atoms with Gasteiger partial charge in [-0.1, -0.05) is 48.5 Å². The van der Waals surface area contributed by atoms with Crippen molar-refractivity contribution in [3.05, 3.63) is 102 Å². The molecule has 1 saturated heterocycles. The highest BCUT2D eigenvalue weighted by molar-refractivity contribution is 6.06. The first kappa shape index (κ1) is 18.9. The molecule has 1 aliphatic rings. The van der Waals surface area contributed by atoms with Crippen LogP contribution < -0.4 is 4.90 Å². The van der Waals surface area contributed by atoms with E-state index >= 15 is 0 Å². The minimum absolute atomic E-state index is 0.0469. The maximum Gasteiger partial charge on any atom is 0.258 e. The Labute approximate surface area is 171 Å². The van der Waals surface area contributed by atoms with Crippen LogP contribution in [0.3, 0.4) is 0 Å². The van der Waals surface area contributed by atoms with E-state index in [4.69, 9.17) is 0 Å². The molecule has 0 unspecified atom stereocenters. The number of hydrogen-bond donors (Lipinski definition) is 0. The van der Waals surface area contributed by atoms with Crippen LogP contribution in [0.25, 0.3) is 0 Å². The summed E-state index contributed by atoms with van der Waals surface area (Å²) >= 11 is 0. The van der Waals surface area contributed by atoms with E-state index in [2.05, 4.69) is 0 Å². The molecular formula is C25H24N2O2. The second-order valence-corrected chi connectivity index (χ2v) is 7.29. The molecule has 1 fully saturated rings. The number of hydrogen-bond acceptors (Lipinski definition) is 2. The molecule has 0 spiro atoms. The monoisotopic (exact) mass is 384 g/mol. The molecule has 29 heavy (non-hydrogen) atoms. The van der Waals surface area contributed by atoms with Crippen molar-refractivity contribution in [3.63, 3.8) is 0 Å². The fourth-order valence-corrected chi connectivity index (χ4v) is 3.67. The first-order valence-corrected chi connectivity index (χ1v) is 10.0. The van der Waals surface area contributed by atoms with Crippen LogP contribution >= 0.6 is 0 Å². The Morgan fingerprint density at radius 3 is 1.90 bits per heavy atom. The average molecular weight is 384 g/mol. The number of para-hydroxylation sites is 1. The molecule has 146 valence electrons. The van der Waals surface area contributed by atoms with Gasteiger partial charge >= 0.3 is 0 Å². The van der Waals surface area contributed by atoms with Crippen LogP contribution in [-0.2, 0) is 6.54 Å². The number of carbonyl (C=O) groups is 2. The summed E-state index contributed by atoms with van der Waals surface area (Å²) < 4.78 is 0. The largest absolute Gasteiger partial charge is 0.339 e. The summed E-state index contributed by atoms with van der Waals surface area (Å²) in [6.45, 7) is 2.12. The number of benzene rings is 3. The lowest BCUT2D eigenvalue weighted by atomic mass is 10.1. The molecule has 4 heteroatoms. The van der Waals surface area contributed by atoms with Crippen LogP contribution in [0.2, 0.25) is 0 Å². The van der Waals surface area contributed by atoms with E-state index in [1.165, 1.54) is 0 Å². The van der Waals surface area contributed by atoms with Gasteiger partial charge in [-0.2, -0.15) is 0 Å². The molecule has 0 saturated carbocycles. The Morgan fingerprint density at radius 2 is 1.28 bits per heavy atom. The fourth-order valence-electron chi connectivity index (χ4n) is 3.67. The van der Waals surface area contributed by atoms with Crippen molar-refractivity contribution >= 4 is 17.5 Å². The van der Waals surface area contributed by atoms with Gasteiger partial charge in [0.15, 0.2) is 0 Å². The van der Waals surface area contributed by atoms with E-state index in [9.17, 15) is 9.59 Å². The quantitative estimate of drug-likeness (QED) is 0.636. The van der Waals surface area contributed by atoms with E-state index in [1.54, 1.807) is 29.2 Å². The minimum Gasteiger partial charge on any atom is -0.339 e. The van der Waals surface area contributed by atoms with Crippen molar-refractivity contribution in [2.75, 3.05) is 18.0 Å². The van der Waals surface area contributed by atoms with Gasteiger partial charge < -0.3 is 9.80 Å². The number of amides is 2. The third kappa shape index (κ3) is 4.37. The zero-order chi connectivity index (χ0) is 20.1. The molecule has 0 bridgehead atoms. The van der Waals surface area contributed by atoms with Crippen LogP contribution in [0.1, 0.15) is 39.1 Å². The molecule has 2 amide bonds. The Morgan fingerprint density at radius 1 is 0.724 bits per heavy atom. The summed E-state index contributed by atoms with van der Waals surface area (Å²) in [6.07, 6.45) is 2.13. The van der Waals surface area contributed by atoms with E-state index < -0.39 is 0 Å². The average Bonchev–Trinajstić information content (AvgIpc) is 3.33. The molecule has 4 rings (SSSR count). The van der Waals surface area contributed by atoms with Crippen molar-refractivity contribution in [2.45, 2.75) is 19.4 Å². The van der Waals surface area contributed by atoms with Gasteiger partial charge in [0.25, 0.3) is 11.8 Å². The predicted octanol–water partition coefficient (Wildman–Crippen LogP) is 4.77. The zero-order valence-corrected chi connectivity index (χ0v) is 16.3. The topological polar surface area (TPSA) is 40.6 Å². The SMILES string of the molecule is O=C(c1ccc(C(=O)N(Cc2ccccc2)c2ccccc2)cc1)N1CCCC1. The molecule has 0 aliphatic carbocycles. The molecule has 4 nitrogen and oxygen atoms in total. The number of likely N-dealkylation sites (tertiary alicyclic amines) is 1. The number of carbonyl (C=O) groups excluding carboxylic acids is 2. The zero-order valence-electron chi connectivity index (χ0n) is 16.3. The molecule has 1 heterocycles. The molecule has 0 N–H and O–H groups in total. The van der Waals surface area contributed by atoms with Gasteiger partial charge in [-0.05, 0) is 54.8 Å². The van der Waals surface area contributed by atoms with Gasteiger partial charge in [0, 0.05) is 29.9 Å². The summed E-state index contributed by atoms with van der Waals surface area (Å²) in [5, 5.41) is 0. The molecule has 0 atom stereocenters. The maximum atomic E-state index is 13.3. The van der Waals surface area contributed by atoms with Crippen molar-refractivity contribution in [1.29, 1.82) is 0 Å². The first-order valence-electron chi connectivity index (χ1n) is 10.0. The van der Waals surface area contributed by atoms with Crippen molar-refractivity contribution in [3.8, 4) is 0 Å². The Hall–Kier alpha value is -3.40. The Kier molecular flexibility index (Phi) is 5.71. The summed E-state index contributed by atoms with van der Waals surface area (Å²) in [5.41, 5.74) is 3.12. The highest BCUT2D eigenvalue weighted by atomic mass is 16.2. The molecule has 0 aromatic heterocycles. The van der Waals surface area contributed by atoms with Crippen LogP contribution in [-0.4, -0.2) is 29.8 Å². The highest BCUT2D eigenvalue weighted by Crippen LogP contribution is 2.21. The summed E-state index contributed by atoms with van der Waals surface area (Å²) in [7, 11) is 0. The molecule has 3 aromatic rings. The van der Waals surface area contributed by atoms with Crippen LogP contribution in [0.5, 0.6) is 0 Å². The standard InChI is InChI=1S/C25H24N2O2/c28-24(26-17-7-8-18-26)21-13-15-22(16-14-21)25(29)27(23-11-5-2-6-12-23)19-20-9-3-1-4-10-20/h1-6,9-16H,7-8,17-19H2. The normalized spacial score (nSPS) is 13.3. The van der Waals surface area contributed by atoms with E-state index in [1.807, 2.05) is 65.6 Å². The molecular weight excluding hydrogens is 360 g/mol. The highest BCUT2D eigenvalue weighted by Gasteiger charge is 2.21. The lowest BCUT2D eigenvalue weighted by Crippen LogP contribution is -2.30. The Balaban J connectivity index is 1.57. The maximum absolute atomic E-state index is 13.3. The van der Waals surface area contributed by atoms with Crippen molar-refractivity contribution in [1.82, 2.24) is 4.90 Å². The Bertz CT molecular complexity index is 963. The van der Waals surface area contributed by atoms with Gasteiger partial charge in [0.05, 0.1) is 6.54 Å². The van der Waals surface area contributed by atoms with Crippen LogP contribution in [0, 0.1) is 0 Å². The fraction of sp³-hybridized carbons (Fsp3) is 0.200. The number of rotatable bonds is 5. The van der Waals surface area contributed by atoms with Crippen LogP contribution in [0.15, 0.2) is 84.9 Å². The van der Waals surface area contributed by atoms with E-state index in [0.29, 0.717) is 17.7 Å². The lowest BCUT2D eigenvalue weighted by molar-refractivity contribution is 0.0792. The second kappa shape index (κ2) is 8.74. The first-order chi connectivity index (χ1) is 14.2.